The van der Waals surface area contributed by atoms with E-state index in [1.807, 2.05) is 6.92 Å². The minimum absolute atomic E-state index is 0.0243. The third-order valence-electron chi connectivity index (χ3n) is 3.73. The summed E-state index contributed by atoms with van der Waals surface area (Å²) in [5.74, 6) is 0.0728. The number of carbonyl (C=O) groups excluding carboxylic acids is 1. The van der Waals surface area contributed by atoms with Crippen molar-refractivity contribution in [1.29, 1.82) is 0 Å². The van der Waals surface area contributed by atoms with Crippen LogP contribution in [-0.4, -0.2) is 42.6 Å². The number of hydrogen-bond donors (Lipinski definition) is 1. The van der Waals surface area contributed by atoms with Gasteiger partial charge in [-0.3, -0.25) is 9.69 Å². The van der Waals surface area contributed by atoms with Gasteiger partial charge in [-0.2, -0.15) is 0 Å². The van der Waals surface area contributed by atoms with Gasteiger partial charge in [0.15, 0.2) is 0 Å². The van der Waals surface area contributed by atoms with E-state index in [1.54, 1.807) is 0 Å². The van der Waals surface area contributed by atoms with Gasteiger partial charge >= 0.3 is 5.97 Å². The van der Waals surface area contributed by atoms with Crippen LogP contribution in [0.3, 0.4) is 0 Å². The fraction of sp³-hybridized carbons (Fsp3) is 0.923. The summed E-state index contributed by atoms with van der Waals surface area (Å²) in [4.78, 5) is 14.1. The first-order valence-electron chi connectivity index (χ1n) is 6.63. The van der Waals surface area contributed by atoms with E-state index >= 15 is 0 Å². The standard InChI is InChI=1S/C13H26N2O2/c1-4-17-12(16)11-5-9-15(10-6-11)13(2,3)7-8-14/h11H,4-10,14H2,1-3H3. The van der Waals surface area contributed by atoms with Crippen molar-refractivity contribution < 1.29 is 9.53 Å². The van der Waals surface area contributed by atoms with Crippen LogP contribution in [0.4, 0.5) is 0 Å². The van der Waals surface area contributed by atoms with Crippen LogP contribution < -0.4 is 5.73 Å². The van der Waals surface area contributed by atoms with E-state index in [4.69, 9.17) is 10.5 Å². The van der Waals surface area contributed by atoms with E-state index in [2.05, 4.69) is 18.7 Å². The summed E-state index contributed by atoms with van der Waals surface area (Å²) in [7, 11) is 0. The molecule has 1 rings (SSSR count). The van der Waals surface area contributed by atoms with Crippen molar-refractivity contribution in [2.45, 2.75) is 45.6 Å². The maximum Gasteiger partial charge on any atom is 0.309 e. The summed E-state index contributed by atoms with van der Waals surface area (Å²) in [5.41, 5.74) is 5.78. The first kappa shape index (κ1) is 14.5. The van der Waals surface area contributed by atoms with E-state index in [0.29, 0.717) is 13.2 Å². The van der Waals surface area contributed by atoms with Crippen LogP contribution in [0.25, 0.3) is 0 Å². The Balaban J connectivity index is 2.42. The van der Waals surface area contributed by atoms with E-state index in [-0.39, 0.29) is 17.4 Å². The highest BCUT2D eigenvalue weighted by molar-refractivity contribution is 5.72. The van der Waals surface area contributed by atoms with Gasteiger partial charge in [-0.1, -0.05) is 0 Å². The van der Waals surface area contributed by atoms with Crippen molar-refractivity contribution in [2.24, 2.45) is 11.7 Å². The predicted molar refractivity (Wildman–Crippen MR) is 68.7 cm³/mol. The van der Waals surface area contributed by atoms with Crippen LogP contribution in [-0.2, 0) is 9.53 Å². The molecule has 1 aliphatic heterocycles. The zero-order valence-electron chi connectivity index (χ0n) is 11.4. The number of piperidine rings is 1. The highest BCUT2D eigenvalue weighted by Gasteiger charge is 2.32. The fourth-order valence-electron chi connectivity index (χ4n) is 2.49. The lowest BCUT2D eigenvalue weighted by Crippen LogP contribution is -2.50. The monoisotopic (exact) mass is 242 g/mol. The highest BCUT2D eigenvalue weighted by atomic mass is 16.5. The van der Waals surface area contributed by atoms with Crippen LogP contribution in [0.5, 0.6) is 0 Å². The lowest BCUT2D eigenvalue weighted by molar-refractivity contribution is -0.150. The maximum absolute atomic E-state index is 11.6. The molecule has 100 valence electrons. The molecule has 4 heteroatoms. The second-order valence-electron chi connectivity index (χ2n) is 5.36. The minimum atomic E-state index is -0.0243. The molecule has 0 atom stereocenters. The Labute approximate surface area is 104 Å². The molecule has 1 aliphatic rings. The lowest BCUT2D eigenvalue weighted by atomic mass is 9.90. The van der Waals surface area contributed by atoms with Crippen molar-refractivity contribution in [3.63, 3.8) is 0 Å². The van der Waals surface area contributed by atoms with Gasteiger partial charge in [0, 0.05) is 5.54 Å². The van der Waals surface area contributed by atoms with E-state index in [0.717, 1.165) is 32.4 Å². The van der Waals surface area contributed by atoms with Crippen LogP contribution in [0.2, 0.25) is 0 Å². The van der Waals surface area contributed by atoms with Crippen molar-refractivity contribution in [3.05, 3.63) is 0 Å². The Morgan fingerprint density at radius 2 is 2.00 bits per heavy atom. The minimum Gasteiger partial charge on any atom is -0.466 e. The molecular formula is C13H26N2O2. The maximum atomic E-state index is 11.6. The average Bonchev–Trinajstić information content (AvgIpc) is 2.29. The molecule has 4 nitrogen and oxygen atoms in total. The smallest absolute Gasteiger partial charge is 0.309 e. The molecule has 0 radical (unpaired) electrons. The van der Waals surface area contributed by atoms with E-state index in [9.17, 15) is 4.79 Å². The van der Waals surface area contributed by atoms with Crippen LogP contribution in [0, 0.1) is 5.92 Å². The summed E-state index contributed by atoms with van der Waals surface area (Å²) in [6.45, 7) is 9.45. The molecule has 0 spiro atoms. The first-order chi connectivity index (χ1) is 8.01. The molecule has 0 amide bonds. The second kappa shape index (κ2) is 6.36. The number of hydrogen-bond acceptors (Lipinski definition) is 4. The summed E-state index contributed by atoms with van der Waals surface area (Å²) >= 11 is 0. The Morgan fingerprint density at radius 3 is 2.47 bits per heavy atom. The highest BCUT2D eigenvalue weighted by Crippen LogP contribution is 2.26. The Morgan fingerprint density at radius 1 is 1.41 bits per heavy atom. The third kappa shape index (κ3) is 3.96. The molecule has 0 bridgehead atoms. The Bertz CT molecular complexity index is 246. The van der Waals surface area contributed by atoms with Crippen molar-refractivity contribution in [3.8, 4) is 0 Å². The number of rotatable bonds is 5. The number of ether oxygens (including phenoxy) is 1. The van der Waals surface area contributed by atoms with Gasteiger partial charge in [0.05, 0.1) is 12.5 Å². The molecule has 0 saturated carbocycles. The molecule has 0 aromatic heterocycles. The van der Waals surface area contributed by atoms with Crippen LogP contribution >= 0.6 is 0 Å². The van der Waals surface area contributed by atoms with Crippen LogP contribution in [0.1, 0.15) is 40.0 Å². The molecule has 0 unspecified atom stereocenters. The molecule has 0 aliphatic carbocycles. The summed E-state index contributed by atoms with van der Waals surface area (Å²) in [6, 6.07) is 0. The zero-order valence-corrected chi connectivity index (χ0v) is 11.4. The van der Waals surface area contributed by atoms with Gasteiger partial charge in [0.25, 0.3) is 0 Å². The summed E-state index contributed by atoms with van der Waals surface area (Å²) in [5, 5.41) is 0. The molecule has 2 N–H and O–H groups in total. The Kier molecular flexibility index (Phi) is 5.40. The van der Waals surface area contributed by atoms with Gasteiger partial charge in [0.1, 0.15) is 0 Å². The number of nitrogens with two attached hydrogens (primary N) is 1. The van der Waals surface area contributed by atoms with Gasteiger partial charge in [-0.25, -0.2) is 0 Å². The number of carbonyl (C=O) groups is 1. The van der Waals surface area contributed by atoms with Crippen molar-refractivity contribution in [1.82, 2.24) is 4.90 Å². The van der Waals surface area contributed by atoms with E-state index in [1.165, 1.54) is 0 Å². The van der Waals surface area contributed by atoms with Crippen molar-refractivity contribution in [2.75, 3.05) is 26.2 Å². The predicted octanol–water partition coefficient (Wildman–Crippen LogP) is 1.39. The lowest BCUT2D eigenvalue weighted by Gasteiger charge is -2.42. The molecular weight excluding hydrogens is 216 g/mol. The molecule has 0 aromatic carbocycles. The van der Waals surface area contributed by atoms with Gasteiger partial charge in [-0.05, 0) is 59.7 Å². The normalized spacial score (nSPS) is 19.3. The molecule has 1 heterocycles. The van der Waals surface area contributed by atoms with Crippen molar-refractivity contribution >= 4 is 5.97 Å². The number of likely N-dealkylation sites (tertiary alicyclic amines) is 1. The average molecular weight is 242 g/mol. The Hall–Kier alpha value is -0.610. The van der Waals surface area contributed by atoms with Gasteiger partial charge in [0.2, 0.25) is 0 Å². The molecule has 17 heavy (non-hydrogen) atoms. The quantitative estimate of drug-likeness (QED) is 0.740. The summed E-state index contributed by atoms with van der Waals surface area (Å²) < 4.78 is 5.07. The fourth-order valence-corrected chi connectivity index (χ4v) is 2.49. The van der Waals surface area contributed by atoms with E-state index < -0.39 is 0 Å². The zero-order chi connectivity index (χ0) is 12.9. The largest absolute Gasteiger partial charge is 0.466 e. The topological polar surface area (TPSA) is 55.6 Å². The first-order valence-corrected chi connectivity index (χ1v) is 6.63. The van der Waals surface area contributed by atoms with Gasteiger partial charge < -0.3 is 10.5 Å². The molecule has 1 saturated heterocycles. The van der Waals surface area contributed by atoms with Crippen LogP contribution in [0.15, 0.2) is 0 Å². The second-order valence-corrected chi connectivity index (χ2v) is 5.36. The SMILES string of the molecule is CCOC(=O)C1CCN(C(C)(C)CCN)CC1. The molecule has 1 fully saturated rings. The third-order valence-corrected chi connectivity index (χ3v) is 3.73. The number of nitrogens with zero attached hydrogens (tertiary/aromatic N) is 1. The molecule has 0 aromatic rings. The summed E-state index contributed by atoms with van der Waals surface area (Å²) in [6.07, 6.45) is 2.82. The van der Waals surface area contributed by atoms with Gasteiger partial charge in [-0.15, -0.1) is 0 Å². The number of esters is 1.